The summed E-state index contributed by atoms with van der Waals surface area (Å²) in [5.41, 5.74) is 4.06. The van der Waals surface area contributed by atoms with E-state index in [4.69, 9.17) is 0 Å². The second-order valence-electron chi connectivity index (χ2n) is 5.44. The molecule has 0 saturated carbocycles. The lowest BCUT2D eigenvalue weighted by molar-refractivity contribution is -0.120. The van der Waals surface area contributed by atoms with Gasteiger partial charge < -0.3 is 10.2 Å². The van der Waals surface area contributed by atoms with Gasteiger partial charge in [0, 0.05) is 19.8 Å². The molecule has 2 amide bonds. The van der Waals surface area contributed by atoms with Gasteiger partial charge in [-0.25, -0.2) is 9.82 Å². The second kappa shape index (κ2) is 8.58. The molecule has 0 heterocycles. The molecule has 0 radical (unpaired) electrons. The molecule has 2 rings (SSSR count). The Hall–Kier alpha value is -3.22. The van der Waals surface area contributed by atoms with Gasteiger partial charge in [-0.2, -0.15) is 5.10 Å². The summed E-state index contributed by atoms with van der Waals surface area (Å²) >= 11 is 0. The maximum atomic E-state index is 13.4. The lowest BCUT2D eigenvalue weighted by Gasteiger charge is -2.11. The number of hydrazone groups is 1. The highest BCUT2D eigenvalue weighted by atomic mass is 19.1. The largest absolute Gasteiger partial charge is 0.378 e. The van der Waals surface area contributed by atoms with Gasteiger partial charge in [0.05, 0.1) is 18.3 Å². The lowest BCUT2D eigenvalue weighted by atomic mass is 10.2. The zero-order valence-corrected chi connectivity index (χ0v) is 14.0. The molecule has 25 heavy (non-hydrogen) atoms. The maximum Gasteiger partial charge on any atom is 0.259 e. The Labute approximate surface area is 145 Å². The summed E-state index contributed by atoms with van der Waals surface area (Å²) in [5.74, 6) is -1.80. The van der Waals surface area contributed by atoms with Gasteiger partial charge in [0.15, 0.2) is 0 Å². The van der Waals surface area contributed by atoms with Crippen LogP contribution in [0.3, 0.4) is 0 Å². The molecular weight excluding hydrogens is 323 g/mol. The monoisotopic (exact) mass is 342 g/mol. The van der Waals surface area contributed by atoms with Crippen molar-refractivity contribution in [2.75, 3.05) is 25.5 Å². The Morgan fingerprint density at radius 3 is 2.44 bits per heavy atom. The van der Waals surface area contributed by atoms with E-state index in [1.807, 2.05) is 43.3 Å². The van der Waals surface area contributed by atoms with Crippen LogP contribution in [-0.4, -0.2) is 38.7 Å². The van der Waals surface area contributed by atoms with Gasteiger partial charge in [0.1, 0.15) is 5.82 Å². The van der Waals surface area contributed by atoms with Crippen LogP contribution in [0.1, 0.15) is 15.9 Å². The van der Waals surface area contributed by atoms with Crippen LogP contribution in [0.5, 0.6) is 0 Å². The molecular formula is C18H19FN4O2. The van der Waals surface area contributed by atoms with E-state index in [1.165, 1.54) is 24.4 Å². The highest BCUT2D eigenvalue weighted by molar-refractivity contribution is 5.96. The standard InChI is InChI=1S/C18H19FN4O2/c1-23(2)14-9-7-13(8-10-14)11-21-22-17(24)12-20-18(25)15-5-3-4-6-16(15)19/h3-11H,12H2,1-2H3,(H,20,25)(H,22,24)/b21-11-. The first kappa shape index (κ1) is 18.1. The van der Waals surface area contributed by atoms with Crippen LogP contribution in [0.15, 0.2) is 53.6 Å². The van der Waals surface area contributed by atoms with Gasteiger partial charge >= 0.3 is 0 Å². The first-order valence-corrected chi connectivity index (χ1v) is 7.59. The Kier molecular flexibility index (Phi) is 6.22. The van der Waals surface area contributed by atoms with Crippen LogP contribution in [0, 0.1) is 5.82 Å². The van der Waals surface area contributed by atoms with Crippen molar-refractivity contribution in [3.63, 3.8) is 0 Å². The average molecular weight is 342 g/mol. The maximum absolute atomic E-state index is 13.4. The minimum atomic E-state index is -0.656. The summed E-state index contributed by atoms with van der Waals surface area (Å²) in [6.45, 7) is -0.302. The number of carbonyl (C=O) groups excluding carboxylic acids is 2. The van der Waals surface area contributed by atoms with Gasteiger partial charge in [-0.05, 0) is 29.8 Å². The molecule has 0 aliphatic carbocycles. The number of amides is 2. The summed E-state index contributed by atoms with van der Waals surface area (Å²) in [4.78, 5) is 25.4. The Balaban J connectivity index is 1.80. The summed E-state index contributed by atoms with van der Waals surface area (Å²) in [6, 6.07) is 13.1. The van der Waals surface area contributed by atoms with Crippen molar-refractivity contribution in [3.05, 3.63) is 65.5 Å². The molecule has 2 aromatic rings. The van der Waals surface area contributed by atoms with Crippen LogP contribution in [0.4, 0.5) is 10.1 Å². The third-order valence-electron chi connectivity index (χ3n) is 3.34. The van der Waals surface area contributed by atoms with Crippen molar-refractivity contribution >= 4 is 23.7 Å². The van der Waals surface area contributed by atoms with Crippen molar-refractivity contribution in [1.29, 1.82) is 0 Å². The Bertz CT molecular complexity index is 773. The molecule has 2 N–H and O–H groups in total. The Morgan fingerprint density at radius 1 is 1.12 bits per heavy atom. The fourth-order valence-electron chi connectivity index (χ4n) is 1.98. The van der Waals surface area contributed by atoms with Crippen molar-refractivity contribution in [1.82, 2.24) is 10.7 Å². The van der Waals surface area contributed by atoms with Gasteiger partial charge in [-0.1, -0.05) is 24.3 Å². The van der Waals surface area contributed by atoms with Gasteiger partial charge in [-0.15, -0.1) is 0 Å². The van der Waals surface area contributed by atoms with Gasteiger partial charge in [-0.3, -0.25) is 9.59 Å². The van der Waals surface area contributed by atoms with Crippen molar-refractivity contribution < 1.29 is 14.0 Å². The fourth-order valence-corrected chi connectivity index (χ4v) is 1.98. The number of hydrogen-bond acceptors (Lipinski definition) is 4. The normalized spacial score (nSPS) is 10.5. The average Bonchev–Trinajstić information content (AvgIpc) is 2.60. The van der Waals surface area contributed by atoms with E-state index < -0.39 is 17.6 Å². The number of rotatable bonds is 6. The predicted molar refractivity (Wildman–Crippen MR) is 95.2 cm³/mol. The summed E-state index contributed by atoms with van der Waals surface area (Å²) < 4.78 is 13.4. The number of nitrogens with zero attached hydrogens (tertiary/aromatic N) is 2. The molecule has 0 aromatic heterocycles. The van der Waals surface area contributed by atoms with Crippen molar-refractivity contribution in [2.24, 2.45) is 5.10 Å². The van der Waals surface area contributed by atoms with Crippen LogP contribution in [-0.2, 0) is 4.79 Å². The van der Waals surface area contributed by atoms with Crippen LogP contribution < -0.4 is 15.6 Å². The zero-order chi connectivity index (χ0) is 18.2. The molecule has 7 heteroatoms. The predicted octanol–water partition coefficient (Wildman–Crippen LogP) is 1.77. The minimum Gasteiger partial charge on any atom is -0.378 e. The number of carbonyl (C=O) groups is 2. The molecule has 0 aliphatic rings. The SMILES string of the molecule is CN(C)c1ccc(/C=N\NC(=O)CNC(=O)c2ccccc2F)cc1. The molecule has 2 aromatic carbocycles. The van der Waals surface area contributed by atoms with E-state index in [0.717, 1.165) is 11.3 Å². The van der Waals surface area contributed by atoms with Gasteiger partial charge in [0.2, 0.25) is 0 Å². The number of benzene rings is 2. The van der Waals surface area contributed by atoms with Crippen molar-refractivity contribution in [3.8, 4) is 0 Å². The molecule has 0 bridgehead atoms. The number of anilines is 1. The number of nitrogens with one attached hydrogen (secondary N) is 2. The molecule has 0 fully saturated rings. The summed E-state index contributed by atoms with van der Waals surface area (Å²) in [5, 5.41) is 6.16. The highest BCUT2D eigenvalue weighted by Gasteiger charge is 2.11. The minimum absolute atomic E-state index is 0.111. The van der Waals surface area contributed by atoms with E-state index in [-0.39, 0.29) is 12.1 Å². The van der Waals surface area contributed by atoms with Gasteiger partial charge in [0.25, 0.3) is 11.8 Å². The molecule has 6 nitrogen and oxygen atoms in total. The first-order chi connectivity index (χ1) is 12.0. The molecule has 0 aliphatic heterocycles. The zero-order valence-electron chi connectivity index (χ0n) is 14.0. The van der Waals surface area contributed by atoms with Crippen molar-refractivity contribution in [2.45, 2.75) is 0 Å². The van der Waals surface area contributed by atoms with E-state index in [0.29, 0.717) is 0 Å². The third kappa shape index (κ3) is 5.42. The third-order valence-corrected chi connectivity index (χ3v) is 3.34. The van der Waals surface area contributed by atoms with E-state index in [2.05, 4.69) is 15.8 Å². The Morgan fingerprint density at radius 2 is 1.80 bits per heavy atom. The summed E-state index contributed by atoms with van der Waals surface area (Å²) in [6.07, 6.45) is 1.50. The highest BCUT2D eigenvalue weighted by Crippen LogP contribution is 2.10. The molecule has 130 valence electrons. The smallest absolute Gasteiger partial charge is 0.259 e. The fraction of sp³-hybridized carbons (Fsp3) is 0.167. The molecule has 0 unspecified atom stereocenters. The quantitative estimate of drug-likeness (QED) is 0.621. The molecule has 0 spiro atoms. The first-order valence-electron chi connectivity index (χ1n) is 7.59. The molecule has 0 saturated heterocycles. The number of halogens is 1. The van der Waals surface area contributed by atoms with E-state index >= 15 is 0 Å². The molecule has 0 atom stereocenters. The number of hydrogen-bond donors (Lipinski definition) is 2. The topological polar surface area (TPSA) is 73.8 Å². The second-order valence-corrected chi connectivity index (χ2v) is 5.44. The lowest BCUT2D eigenvalue weighted by Crippen LogP contribution is -2.35. The van der Waals surface area contributed by atoms with Crippen LogP contribution in [0.25, 0.3) is 0 Å². The van der Waals surface area contributed by atoms with E-state index in [1.54, 1.807) is 6.07 Å². The van der Waals surface area contributed by atoms with Crippen LogP contribution in [0.2, 0.25) is 0 Å². The van der Waals surface area contributed by atoms with Crippen LogP contribution >= 0.6 is 0 Å². The summed E-state index contributed by atoms with van der Waals surface area (Å²) in [7, 11) is 3.89. The van der Waals surface area contributed by atoms with E-state index in [9.17, 15) is 14.0 Å².